The first-order valence-corrected chi connectivity index (χ1v) is 6.90. The second-order valence-corrected chi connectivity index (χ2v) is 5.13. The van der Waals surface area contributed by atoms with E-state index in [1.807, 2.05) is 4.90 Å². The highest BCUT2D eigenvalue weighted by molar-refractivity contribution is 5.94. The molecule has 0 radical (unpaired) electrons. The van der Waals surface area contributed by atoms with E-state index in [1.165, 1.54) is 6.42 Å². The minimum absolute atomic E-state index is 0.0155. The van der Waals surface area contributed by atoms with Crippen LogP contribution in [0, 0.1) is 0 Å². The molecule has 0 spiro atoms. The molecule has 1 atom stereocenters. The van der Waals surface area contributed by atoms with E-state index in [0.717, 1.165) is 19.4 Å². The van der Waals surface area contributed by atoms with Crippen LogP contribution in [0.25, 0.3) is 0 Å². The van der Waals surface area contributed by atoms with Crippen LogP contribution in [0.3, 0.4) is 0 Å². The molecule has 1 unspecified atom stereocenters. The fraction of sp³-hybridized carbons (Fsp3) is 0.467. The number of carbonyl (C=O) groups excluding carboxylic acids is 2. The van der Waals surface area contributed by atoms with Crippen LogP contribution in [0.15, 0.2) is 24.3 Å². The maximum atomic E-state index is 12.5. The van der Waals surface area contributed by atoms with Crippen molar-refractivity contribution in [2.75, 3.05) is 13.2 Å². The Bertz CT molecular complexity index is 502. The Kier molecular flexibility index (Phi) is 4.61. The van der Waals surface area contributed by atoms with Gasteiger partial charge in [0.2, 0.25) is 0 Å². The third-order valence-electron chi connectivity index (χ3n) is 3.53. The molecular formula is C15H20N2O3. The third kappa shape index (κ3) is 3.50. The highest BCUT2D eigenvalue weighted by Crippen LogP contribution is 2.21. The molecule has 1 aromatic carbocycles. The summed E-state index contributed by atoms with van der Waals surface area (Å²) in [5.41, 5.74) is 5.62. The van der Waals surface area contributed by atoms with Crippen molar-refractivity contribution in [1.29, 1.82) is 0 Å². The molecule has 1 fully saturated rings. The zero-order chi connectivity index (χ0) is 14.5. The number of rotatable bonds is 4. The van der Waals surface area contributed by atoms with Crippen molar-refractivity contribution in [3.63, 3.8) is 0 Å². The molecule has 2 amide bonds. The normalized spacial score (nSPS) is 18.6. The smallest absolute Gasteiger partial charge is 0.255 e. The van der Waals surface area contributed by atoms with Crippen molar-refractivity contribution in [3.8, 4) is 5.75 Å². The molecule has 1 aliphatic heterocycles. The molecule has 2 rings (SSSR count). The Morgan fingerprint density at radius 2 is 2.20 bits per heavy atom. The Morgan fingerprint density at radius 3 is 2.90 bits per heavy atom. The molecule has 0 aromatic heterocycles. The standard InChI is InChI=1S/C15H20N2O3/c1-11-5-2-3-8-17(11)15(19)12-6-4-7-13(9-12)20-10-14(16)18/h4,6-7,9,11H,2-3,5,8,10H2,1H3,(H2,16,18). The number of nitrogens with zero attached hydrogens (tertiary/aromatic N) is 1. The van der Waals surface area contributed by atoms with E-state index < -0.39 is 5.91 Å². The van der Waals surface area contributed by atoms with Crippen molar-refractivity contribution in [2.24, 2.45) is 5.73 Å². The molecule has 5 heteroatoms. The molecule has 0 saturated carbocycles. The lowest BCUT2D eigenvalue weighted by Gasteiger charge is -2.33. The number of benzene rings is 1. The number of amides is 2. The average Bonchev–Trinajstić information content (AvgIpc) is 2.45. The Hall–Kier alpha value is -2.04. The van der Waals surface area contributed by atoms with Gasteiger partial charge < -0.3 is 15.4 Å². The summed E-state index contributed by atoms with van der Waals surface area (Å²) in [6.45, 7) is 2.69. The molecule has 1 aliphatic rings. The Labute approximate surface area is 118 Å². The molecule has 0 bridgehead atoms. The van der Waals surface area contributed by atoms with Gasteiger partial charge in [-0.15, -0.1) is 0 Å². The molecule has 108 valence electrons. The summed E-state index contributed by atoms with van der Waals surface area (Å²) in [7, 11) is 0. The predicted molar refractivity (Wildman–Crippen MR) is 75.5 cm³/mol. The summed E-state index contributed by atoms with van der Waals surface area (Å²) in [5.74, 6) is -0.0348. The number of hydrogen-bond acceptors (Lipinski definition) is 3. The van der Waals surface area contributed by atoms with Crippen LogP contribution < -0.4 is 10.5 Å². The number of carbonyl (C=O) groups is 2. The first kappa shape index (κ1) is 14.4. The zero-order valence-corrected chi connectivity index (χ0v) is 11.7. The largest absolute Gasteiger partial charge is 0.484 e. The van der Waals surface area contributed by atoms with E-state index in [2.05, 4.69) is 6.92 Å². The van der Waals surface area contributed by atoms with E-state index in [-0.39, 0.29) is 18.6 Å². The second-order valence-electron chi connectivity index (χ2n) is 5.13. The van der Waals surface area contributed by atoms with Gasteiger partial charge in [-0.05, 0) is 44.4 Å². The molecule has 0 aliphatic carbocycles. The molecule has 1 aromatic rings. The van der Waals surface area contributed by atoms with Gasteiger partial charge in [-0.2, -0.15) is 0 Å². The first-order chi connectivity index (χ1) is 9.58. The zero-order valence-electron chi connectivity index (χ0n) is 11.7. The molecule has 20 heavy (non-hydrogen) atoms. The third-order valence-corrected chi connectivity index (χ3v) is 3.53. The SMILES string of the molecule is CC1CCCCN1C(=O)c1cccc(OCC(N)=O)c1. The van der Waals surface area contributed by atoms with E-state index in [4.69, 9.17) is 10.5 Å². The first-order valence-electron chi connectivity index (χ1n) is 6.90. The Balaban J connectivity index is 2.09. The van der Waals surface area contributed by atoms with Gasteiger partial charge >= 0.3 is 0 Å². The number of hydrogen-bond donors (Lipinski definition) is 1. The topological polar surface area (TPSA) is 72.6 Å². The van der Waals surface area contributed by atoms with Crippen LogP contribution >= 0.6 is 0 Å². The lowest BCUT2D eigenvalue weighted by Crippen LogP contribution is -2.42. The second kappa shape index (κ2) is 6.41. The van der Waals surface area contributed by atoms with Gasteiger partial charge in [-0.1, -0.05) is 6.07 Å². The summed E-state index contributed by atoms with van der Waals surface area (Å²) in [6.07, 6.45) is 3.27. The van der Waals surface area contributed by atoms with E-state index >= 15 is 0 Å². The molecule has 2 N–H and O–H groups in total. The lowest BCUT2D eigenvalue weighted by atomic mass is 10.0. The van der Waals surface area contributed by atoms with E-state index in [9.17, 15) is 9.59 Å². The van der Waals surface area contributed by atoms with Gasteiger partial charge in [-0.3, -0.25) is 9.59 Å². The minimum atomic E-state index is -0.536. The van der Waals surface area contributed by atoms with E-state index in [0.29, 0.717) is 11.3 Å². The molecular weight excluding hydrogens is 256 g/mol. The minimum Gasteiger partial charge on any atom is -0.484 e. The Morgan fingerprint density at radius 1 is 1.40 bits per heavy atom. The van der Waals surface area contributed by atoms with Gasteiger partial charge in [0.05, 0.1) is 0 Å². The van der Waals surface area contributed by atoms with Crippen molar-refractivity contribution in [1.82, 2.24) is 4.90 Å². The maximum absolute atomic E-state index is 12.5. The summed E-state index contributed by atoms with van der Waals surface area (Å²) in [4.78, 5) is 25.1. The lowest BCUT2D eigenvalue weighted by molar-refractivity contribution is -0.119. The van der Waals surface area contributed by atoms with Gasteiger partial charge in [0.15, 0.2) is 6.61 Å². The average molecular weight is 276 g/mol. The molecule has 5 nitrogen and oxygen atoms in total. The fourth-order valence-corrected chi connectivity index (χ4v) is 2.44. The van der Waals surface area contributed by atoms with Crippen molar-refractivity contribution in [3.05, 3.63) is 29.8 Å². The molecule has 1 saturated heterocycles. The van der Waals surface area contributed by atoms with Crippen LogP contribution in [0.2, 0.25) is 0 Å². The van der Waals surface area contributed by atoms with Crippen LogP contribution in [0.5, 0.6) is 5.75 Å². The monoisotopic (exact) mass is 276 g/mol. The van der Waals surface area contributed by atoms with Crippen molar-refractivity contribution >= 4 is 11.8 Å². The maximum Gasteiger partial charge on any atom is 0.255 e. The van der Waals surface area contributed by atoms with Crippen LogP contribution in [0.1, 0.15) is 36.5 Å². The summed E-state index contributed by atoms with van der Waals surface area (Å²) < 4.78 is 5.23. The van der Waals surface area contributed by atoms with Crippen molar-refractivity contribution < 1.29 is 14.3 Å². The van der Waals surface area contributed by atoms with Crippen LogP contribution in [-0.2, 0) is 4.79 Å². The van der Waals surface area contributed by atoms with Crippen LogP contribution in [-0.4, -0.2) is 35.9 Å². The highest BCUT2D eigenvalue weighted by Gasteiger charge is 2.24. The number of primary amides is 1. The van der Waals surface area contributed by atoms with Gasteiger partial charge in [0, 0.05) is 18.2 Å². The van der Waals surface area contributed by atoms with Gasteiger partial charge in [0.25, 0.3) is 11.8 Å². The number of piperidine rings is 1. The summed E-state index contributed by atoms with van der Waals surface area (Å²) >= 11 is 0. The fourth-order valence-electron chi connectivity index (χ4n) is 2.44. The number of likely N-dealkylation sites (tertiary alicyclic amines) is 1. The number of ether oxygens (including phenoxy) is 1. The number of nitrogens with two attached hydrogens (primary N) is 1. The van der Waals surface area contributed by atoms with Crippen molar-refractivity contribution in [2.45, 2.75) is 32.2 Å². The summed E-state index contributed by atoms with van der Waals surface area (Å²) in [6, 6.07) is 7.15. The molecule has 1 heterocycles. The van der Waals surface area contributed by atoms with Gasteiger partial charge in [-0.25, -0.2) is 0 Å². The van der Waals surface area contributed by atoms with Gasteiger partial charge in [0.1, 0.15) is 5.75 Å². The van der Waals surface area contributed by atoms with Crippen LogP contribution in [0.4, 0.5) is 0 Å². The summed E-state index contributed by atoms with van der Waals surface area (Å²) in [5, 5.41) is 0. The quantitative estimate of drug-likeness (QED) is 0.907. The van der Waals surface area contributed by atoms with E-state index in [1.54, 1.807) is 24.3 Å². The predicted octanol–water partition coefficient (Wildman–Crippen LogP) is 1.57. The highest BCUT2D eigenvalue weighted by atomic mass is 16.5.